The number of aromatic nitrogens is 1. The van der Waals surface area contributed by atoms with E-state index >= 15 is 0 Å². The first-order chi connectivity index (χ1) is 7.15. The molecule has 4 nitrogen and oxygen atoms in total. The Morgan fingerprint density at radius 1 is 1.53 bits per heavy atom. The Labute approximate surface area is 95.8 Å². The molecule has 1 saturated carbocycles. The van der Waals surface area contributed by atoms with Gasteiger partial charge in [0, 0.05) is 6.04 Å². The molecule has 1 aliphatic rings. The Bertz CT molecular complexity index is 391. The molecule has 0 spiro atoms. The summed E-state index contributed by atoms with van der Waals surface area (Å²) in [7, 11) is 0. The van der Waals surface area contributed by atoms with Crippen molar-refractivity contribution >= 4 is 27.7 Å². The molecule has 1 aromatic heterocycles. The molecule has 0 unspecified atom stereocenters. The van der Waals surface area contributed by atoms with E-state index in [-0.39, 0.29) is 5.56 Å². The second-order valence-corrected chi connectivity index (χ2v) is 4.45. The summed E-state index contributed by atoms with van der Waals surface area (Å²) in [5.41, 5.74) is 0.249. The van der Waals surface area contributed by atoms with Crippen LogP contribution in [0.4, 0.5) is 5.82 Å². The molecule has 2 N–H and O–H groups in total. The smallest absolute Gasteiger partial charge is 0.335 e. The van der Waals surface area contributed by atoms with Gasteiger partial charge in [0.05, 0.1) is 5.56 Å². The quantitative estimate of drug-likeness (QED) is 0.829. The summed E-state index contributed by atoms with van der Waals surface area (Å²) in [4.78, 5) is 15.0. The topological polar surface area (TPSA) is 62.2 Å². The summed E-state index contributed by atoms with van der Waals surface area (Å²) in [6.07, 6.45) is 3.50. The fourth-order valence-electron chi connectivity index (χ4n) is 1.46. The zero-order chi connectivity index (χ0) is 10.8. The van der Waals surface area contributed by atoms with Gasteiger partial charge in [-0.1, -0.05) is 0 Å². The molecule has 0 radical (unpaired) electrons. The molecule has 0 aromatic carbocycles. The number of pyridine rings is 1. The number of carboxylic acid groups (broad SMARTS) is 1. The lowest BCUT2D eigenvalue weighted by molar-refractivity contribution is 0.0696. The van der Waals surface area contributed by atoms with Crippen LogP contribution in [0, 0.1) is 0 Å². The van der Waals surface area contributed by atoms with Gasteiger partial charge in [0.25, 0.3) is 0 Å². The average Bonchev–Trinajstić information content (AvgIpc) is 2.10. The third-order valence-corrected chi connectivity index (χ3v) is 2.90. The molecule has 1 aliphatic carbocycles. The van der Waals surface area contributed by atoms with Crippen LogP contribution < -0.4 is 5.32 Å². The maximum absolute atomic E-state index is 10.8. The number of hydrogen-bond donors (Lipinski definition) is 2. The summed E-state index contributed by atoms with van der Waals surface area (Å²) in [5, 5.41) is 12.1. The molecule has 15 heavy (non-hydrogen) atoms. The highest BCUT2D eigenvalue weighted by molar-refractivity contribution is 9.10. The second-order valence-electron chi connectivity index (χ2n) is 3.64. The highest BCUT2D eigenvalue weighted by Crippen LogP contribution is 2.23. The number of carboxylic acids is 1. The number of anilines is 1. The first kappa shape index (κ1) is 10.4. The van der Waals surface area contributed by atoms with Crippen molar-refractivity contribution in [2.75, 3.05) is 5.32 Å². The van der Waals surface area contributed by atoms with Gasteiger partial charge < -0.3 is 10.4 Å². The number of halogens is 1. The molecular formula is C10H11BrN2O2. The van der Waals surface area contributed by atoms with Crippen LogP contribution in [0.5, 0.6) is 0 Å². The largest absolute Gasteiger partial charge is 0.478 e. The summed E-state index contributed by atoms with van der Waals surface area (Å²) >= 11 is 3.20. The molecule has 0 bridgehead atoms. The minimum absolute atomic E-state index is 0.249. The maximum Gasteiger partial charge on any atom is 0.335 e. The van der Waals surface area contributed by atoms with E-state index in [1.807, 2.05) is 0 Å². The number of nitrogens with one attached hydrogen (secondary N) is 1. The van der Waals surface area contributed by atoms with E-state index in [0.717, 1.165) is 12.8 Å². The van der Waals surface area contributed by atoms with E-state index < -0.39 is 5.97 Å². The Morgan fingerprint density at radius 3 is 2.80 bits per heavy atom. The summed E-state index contributed by atoms with van der Waals surface area (Å²) in [5.74, 6) is -0.304. The van der Waals surface area contributed by atoms with Gasteiger partial charge in [-0.3, -0.25) is 0 Å². The molecule has 1 fully saturated rings. The molecular weight excluding hydrogens is 260 g/mol. The highest BCUT2D eigenvalue weighted by Gasteiger charge is 2.18. The molecule has 0 saturated heterocycles. The van der Waals surface area contributed by atoms with Gasteiger partial charge in [-0.05, 0) is 47.3 Å². The van der Waals surface area contributed by atoms with Crippen LogP contribution in [0.1, 0.15) is 29.6 Å². The van der Waals surface area contributed by atoms with Gasteiger partial charge in [0.1, 0.15) is 10.4 Å². The summed E-state index contributed by atoms with van der Waals surface area (Å²) in [6, 6.07) is 3.51. The SMILES string of the molecule is O=C(O)c1cc(Br)nc(NC2CCC2)c1. The highest BCUT2D eigenvalue weighted by atomic mass is 79.9. The molecule has 0 atom stereocenters. The lowest BCUT2D eigenvalue weighted by Crippen LogP contribution is -2.27. The molecule has 0 amide bonds. The Morgan fingerprint density at radius 2 is 2.27 bits per heavy atom. The zero-order valence-electron chi connectivity index (χ0n) is 8.03. The van der Waals surface area contributed by atoms with Gasteiger partial charge in [0.2, 0.25) is 0 Å². The maximum atomic E-state index is 10.8. The van der Waals surface area contributed by atoms with Crippen LogP contribution >= 0.6 is 15.9 Å². The van der Waals surface area contributed by atoms with E-state index in [1.54, 1.807) is 6.07 Å². The van der Waals surface area contributed by atoms with Crippen LogP contribution in [0.25, 0.3) is 0 Å². The molecule has 2 rings (SSSR count). The number of rotatable bonds is 3. The van der Waals surface area contributed by atoms with Gasteiger partial charge in [0.15, 0.2) is 0 Å². The van der Waals surface area contributed by atoms with Crippen molar-refractivity contribution in [3.63, 3.8) is 0 Å². The lowest BCUT2D eigenvalue weighted by Gasteiger charge is -2.27. The summed E-state index contributed by atoms with van der Waals surface area (Å²) < 4.78 is 0.546. The van der Waals surface area contributed by atoms with Crippen LogP contribution in [0.3, 0.4) is 0 Å². The van der Waals surface area contributed by atoms with Crippen LogP contribution in [0.2, 0.25) is 0 Å². The minimum Gasteiger partial charge on any atom is -0.478 e. The predicted octanol–water partition coefficient (Wildman–Crippen LogP) is 2.51. The number of carbonyl (C=O) groups is 1. The van der Waals surface area contributed by atoms with E-state index in [1.165, 1.54) is 12.5 Å². The fraction of sp³-hybridized carbons (Fsp3) is 0.400. The first-order valence-electron chi connectivity index (χ1n) is 4.82. The van der Waals surface area contributed by atoms with Crippen LogP contribution in [-0.4, -0.2) is 22.1 Å². The molecule has 1 heterocycles. The van der Waals surface area contributed by atoms with E-state index in [2.05, 4.69) is 26.2 Å². The van der Waals surface area contributed by atoms with Gasteiger partial charge in [-0.2, -0.15) is 0 Å². The van der Waals surface area contributed by atoms with Crippen molar-refractivity contribution in [1.29, 1.82) is 0 Å². The summed E-state index contributed by atoms with van der Waals surface area (Å²) in [6.45, 7) is 0. The van der Waals surface area contributed by atoms with E-state index in [0.29, 0.717) is 16.5 Å². The van der Waals surface area contributed by atoms with Gasteiger partial charge in [-0.25, -0.2) is 9.78 Å². The normalized spacial score (nSPS) is 15.8. The predicted molar refractivity (Wildman–Crippen MR) is 60.2 cm³/mol. The van der Waals surface area contributed by atoms with E-state index in [9.17, 15) is 4.79 Å². The van der Waals surface area contributed by atoms with Gasteiger partial charge in [-0.15, -0.1) is 0 Å². The number of hydrogen-bond acceptors (Lipinski definition) is 3. The van der Waals surface area contributed by atoms with Crippen molar-refractivity contribution in [1.82, 2.24) is 4.98 Å². The zero-order valence-corrected chi connectivity index (χ0v) is 9.62. The Kier molecular flexibility index (Phi) is 2.90. The van der Waals surface area contributed by atoms with Crippen LogP contribution in [-0.2, 0) is 0 Å². The number of nitrogens with zero attached hydrogens (tertiary/aromatic N) is 1. The fourth-order valence-corrected chi connectivity index (χ4v) is 1.89. The molecule has 1 aromatic rings. The first-order valence-corrected chi connectivity index (χ1v) is 5.62. The van der Waals surface area contributed by atoms with Crippen molar-refractivity contribution in [3.05, 3.63) is 22.3 Å². The molecule has 5 heteroatoms. The Hall–Kier alpha value is -1.10. The van der Waals surface area contributed by atoms with Gasteiger partial charge >= 0.3 is 5.97 Å². The van der Waals surface area contributed by atoms with Crippen molar-refractivity contribution in [2.45, 2.75) is 25.3 Å². The second kappa shape index (κ2) is 4.18. The third-order valence-electron chi connectivity index (χ3n) is 2.50. The lowest BCUT2D eigenvalue weighted by atomic mass is 9.93. The van der Waals surface area contributed by atoms with Crippen molar-refractivity contribution in [2.24, 2.45) is 0 Å². The molecule has 80 valence electrons. The van der Waals surface area contributed by atoms with Crippen molar-refractivity contribution < 1.29 is 9.90 Å². The molecule has 0 aliphatic heterocycles. The van der Waals surface area contributed by atoms with Crippen molar-refractivity contribution in [3.8, 4) is 0 Å². The monoisotopic (exact) mass is 270 g/mol. The van der Waals surface area contributed by atoms with E-state index in [4.69, 9.17) is 5.11 Å². The standard InChI is InChI=1S/C10H11BrN2O2/c11-8-4-6(10(14)15)5-9(13-8)12-7-2-1-3-7/h4-5,7H,1-3H2,(H,12,13)(H,14,15). The Balaban J connectivity index is 2.18. The third kappa shape index (κ3) is 2.47. The van der Waals surface area contributed by atoms with Crippen LogP contribution in [0.15, 0.2) is 16.7 Å². The minimum atomic E-state index is -0.935. The average molecular weight is 271 g/mol. The number of aromatic carboxylic acids is 1.